The Morgan fingerprint density at radius 3 is 2.36 bits per heavy atom. The van der Waals surface area contributed by atoms with Crippen molar-refractivity contribution in [1.29, 1.82) is 0 Å². The number of hydrogen-bond acceptors (Lipinski definition) is 2. The first-order valence-corrected chi connectivity index (χ1v) is 9.28. The van der Waals surface area contributed by atoms with Crippen LogP contribution in [0, 0.1) is 17.5 Å². The lowest BCUT2D eigenvalue weighted by molar-refractivity contribution is 1.03. The van der Waals surface area contributed by atoms with Gasteiger partial charge < -0.3 is 4.98 Å². The predicted octanol–water partition coefficient (Wildman–Crippen LogP) is 4.52. The maximum absolute atomic E-state index is 13.6. The Bertz CT molecular complexity index is 1560. The third-order valence-corrected chi connectivity index (χ3v) is 5.33. The topological polar surface area (TPSA) is 54.9 Å². The average molecular weight is 387 g/mol. The number of nitrogens with zero attached hydrogens (tertiary/aromatic N) is 1. The maximum Gasteiger partial charge on any atom is 0.269 e. The Labute approximate surface area is 164 Å². The molecule has 0 bridgehead atoms. The van der Waals surface area contributed by atoms with E-state index in [1.54, 1.807) is 34.9 Å². The summed E-state index contributed by atoms with van der Waals surface area (Å²) in [6.07, 6.45) is 0. The fourth-order valence-electron chi connectivity index (χ4n) is 3.75. The van der Waals surface area contributed by atoms with Gasteiger partial charge in [-0.25, -0.2) is 0 Å². The minimum atomic E-state index is -0.352. The molecule has 0 aromatic heterocycles. The highest BCUT2D eigenvalue weighted by atomic mass is 35.5. The molecule has 5 rings (SSSR count). The van der Waals surface area contributed by atoms with E-state index in [1.165, 1.54) is 0 Å². The molecule has 0 unspecified atom stereocenters. The number of hydrogen-bond donors (Lipinski definition) is 1. The largest absolute Gasteiger partial charge is 0.353 e. The molecule has 1 N–H and O–H groups in total. The normalized spacial score (nSPS) is 11.5. The molecule has 3 aromatic carbocycles. The lowest BCUT2D eigenvalue weighted by Gasteiger charge is -2.08. The van der Waals surface area contributed by atoms with Crippen molar-refractivity contribution in [3.8, 4) is 5.69 Å². The summed E-state index contributed by atoms with van der Waals surface area (Å²) in [5.41, 5.74) is 2.53. The lowest BCUT2D eigenvalue weighted by atomic mass is 10.2. The molecular formula is C23H15ClN2O2. The molecule has 0 fully saturated rings. The fourth-order valence-corrected chi connectivity index (χ4v) is 3.88. The minimum absolute atomic E-state index is 0.157. The smallest absolute Gasteiger partial charge is 0.269 e. The number of rotatable bonds is 1. The van der Waals surface area contributed by atoms with Crippen molar-refractivity contribution >= 4 is 33.4 Å². The van der Waals surface area contributed by atoms with Crippen molar-refractivity contribution in [2.24, 2.45) is 0 Å². The van der Waals surface area contributed by atoms with Crippen LogP contribution < -0.4 is 11.0 Å². The van der Waals surface area contributed by atoms with Crippen LogP contribution in [0.2, 0.25) is 5.02 Å². The van der Waals surface area contributed by atoms with E-state index in [0.29, 0.717) is 27.0 Å². The standard InChI is InChI=1S/C23H15ClN2O2/c1-13-6-11-18-19(12-13)26(15-9-7-14(24)8-10-15)23(28)20-21(25-18)16-4-2-3-5-17(16)22(20)27/h2-12,25H,1H3. The van der Waals surface area contributed by atoms with Gasteiger partial charge in [-0.2, -0.15) is 0 Å². The lowest BCUT2D eigenvalue weighted by Crippen LogP contribution is -2.21. The van der Waals surface area contributed by atoms with Crippen LogP contribution in [0.25, 0.3) is 27.5 Å². The Morgan fingerprint density at radius 1 is 0.893 bits per heavy atom. The Balaban J connectivity index is 2.14. The van der Waals surface area contributed by atoms with Gasteiger partial charge in [0.05, 0.1) is 16.4 Å². The van der Waals surface area contributed by atoms with Gasteiger partial charge in [0.15, 0.2) is 0 Å². The van der Waals surface area contributed by atoms with E-state index in [4.69, 9.17) is 11.6 Å². The van der Waals surface area contributed by atoms with Crippen molar-refractivity contribution < 1.29 is 0 Å². The highest BCUT2D eigenvalue weighted by molar-refractivity contribution is 6.30. The van der Waals surface area contributed by atoms with Crippen LogP contribution in [0.1, 0.15) is 5.56 Å². The van der Waals surface area contributed by atoms with Crippen LogP contribution in [0.3, 0.4) is 0 Å². The summed E-state index contributed by atoms with van der Waals surface area (Å²) in [5.74, 6) is 0. The first-order chi connectivity index (χ1) is 13.5. The van der Waals surface area contributed by atoms with Crippen LogP contribution in [-0.2, 0) is 0 Å². The zero-order valence-corrected chi connectivity index (χ0v) is 15.7. The number of nitrogens with one attached hydrogen (secondary N) is 1. The second kappa shape index (κ2) is 6.08. The van der Waals surface area contributed by atoms with E-state index in [2.05, 4.69) is 4.98 Å². The third kappa shape index (κ3) is 2.38. The number of aromatic amines is 1. The van der Waals surface area contributed by atoms with Crippen LogP contribution in [0.15, 0.2) is 76.3 Å². The first kappa shape index (κ1) is 16.8. The van der Waals surface area contributed by atoms with Gasteiger partial charge in [0.2, 0.25) is 5.43 Å². The molecule has 136 valence electrons. The van der Waals surface area contributed by atoms with E-state index >= 15 is 0 Å². The molecule has 4 nitrogen and oxygen atoms in total. The van der Waals surface area contributed by atoms with Crippen molar-refractivity contribution in [1.82, 2.24) is 9.55 Å². The van der Waals surface area contributed by atoms with Crippen LogP contribution in [0.4, 0.5) is 0 Å². The first-order valence-electron chi connectivity index (χ1n) is 8.90. The van der Waals surface area contributed by atoms with Crippen molar-refractivity contribution in [3.63, 3.8) is 0 Å². The highest BCUT2D eigenvalue weighted by Crippen LogP contribution is 2.20. The second-order valence-electron chi connectivity index (χ2n) is 6.89. The fraction of sp³-hybridized carbons (Fsp3) is 0.0435. The van der Waals surface area contributed by atoms with Crippen LogP contribution in [0.5, 0.6) is 0 Å². The zero-order chi connectivity index (χ0) is 19.4. The number of benzene rings is 3. The minimum Gasteiger partial charge on any atom is -0.353 e. The van der Waals surface area contributed by atoms with Gasteiger partial charge in [0, 0.05) is 21.5 Å². The second-order valence-corrected chi connectivity index (χ2v) is 7.32. The summed E-state index contributed by atoms with van der Waals surface area (Å²) < 4.78 is 1.58. The van der Waals surface area contributed by atoms with Crippen molar-refractivity contribution in [2.45, 2.75) is 6.92 Å². The molecule has 3 aromatic rings. The van der Waals surface area contributed by atoms with Gasteiger partial charge in [-0.1, -0.05) is 41.9 Å². The summed E-state index contributed by atoms with van der Waals surface area (Å²) >= 11 is 6.04. The van der Waals surface area contributed by atoms with Gasteiger partial charge in [-0.15, -0.1) is 0 Å². The number of aromatic nitrogens is 2. The van der Waals surface area contributed by atoms with E-state index in [1.807, 2.05) is 43.3 Å². The zero-order valence-electron chi connectivity index (χ0n) is 15.0. The molecule has 0 spiro atoms. The van der Waals surface area contributed by atoms with Crippen molar-refractivity contribution in [2.75, 3.05) is 0 Å². The van der Waals surface area contributed by atoms with E-state index in [0.717, 1.165) is 16.5 Å². The molecule has 0 atom stereocenters. The molecule has 1 aliphatic carbocycles. The monoisotopic (exact) mass is 386 g/mol. The maximum atomic E-state index is 13.6. The van der Waals surface area contributed by atoms with Gasteiger partial charge in [-0.3, -0.25) is 14.2 Å². The average Bonchev–Trinajstić information content (AvgIpc) is 2.90. The molecule has 1 aliphatic heterocycles. The quantitative estimate of drug-likeness (QED) is 0.460. The molecule has 0 saturated carbocycles. The predicted molar refractivity (Wildman–Crippen MR) is 113 cm³/mol. The van der Waals surface area contributed by atoms with Gasteiger partial charge in [-0.05, 0) is 48.9 Å². The SMILES string of the molecule is Cc1ccc2[nH]c3c4ccccc4c(=O)c=3c(=O)n(-c3ccc(Cl)cc3)c2c1. The van der Waals surface area contributed by atoms with Gasteiger partial charge >= 0.3 is 0 Å². The van der Waals surface area contributed by atoms with E-state index in [-0.39, 0.29) is 16.2 Å². The Morgan fingerprint density at radius 2 is 1.61 bits per heavy atom. The highest BCUT2D eigenvalue weighted by Gasteiger charge is 2.14. The van der Waals surface area contributed by atoms with Gasteiger partial charge in [0.25, 0.3) is 5.56 Å². The summed E-state index contributed by atoms with van der Waals surface area (Å²) in [7, 11) is 0. The summed E-state index contributed by atoms with van der Waals surface area (Å²) in [5, 5.41) is 2.59. The molecule has 2 aliphatic rings. The molecular weight excluding hydrogens is 372 g/mol. The molecule has 1 heterocycles. The molecule has 0 radical (unpaired) electrons. The third-order valence-electron chi connectivity index (χ3n) is 5.07. The van der Waals surface area contributed by atoms with Crippen LogP contribution >= 0.6 is 11.6 Å². The number of fused-ring (bicyclic) bond motifs is 3. The van der Waals surface area contributed by atoms with Crippen molar-refractivity contribution in [3.05, 3.63) is 108 Å². The van der Waals surface area contributed by atoms with Crippen LogP contribution in [-0.4, -0.2) is 9.55 Å². The molecule has 5 heteroatoms. The number of H-pyrrole nitrogens is 1. The molecule has 0 saturated heterocycles. The summed E-state index contributed by atoms with van der Waals surface area (Å²) in [4.78, 5) is 30.1. The van der Waals surface area contributed by atoms with E-state index in [9.17, 15) is 9.59 Å². The Hall–Kier alpha value is -3.37. The molecule has 28 heavy (non-hydrogen) atoms. The number of aryl methyl sites for hydroxylation is 1. The summed E-state index contributed by atoms with van der Waals surface area (Å²) in [6.45, 7) is 1.97. The van der Waals surface area contributed by atoms with E-state index < -0.39 is 0 Å². The molecule has 0 amide bonds. The van der Waals surface area contributed by atoms with Gasteiger partial charge in [0.1, 0.15) is 5.22 Å². The summed E-state index contributed by atoms with van der Waals surface area (Å²) in [6, 6.07) is 20.2. The number of halogens is 1. The Kier molecular flexibility index (Phi) is 3.64.